The van der Waals surface area contributed by atoms with Crippen molar-refractivity contribution < 1.29 is 17.9 Å². The Morgan fingerprint density at radius 2 is 1.77 bits per heavy atom. The van der Waals surface area contributed by atoms with E-state index in [0.29, 0.717) is 31.9 Å². The first-order valence-electron chi connectivity index (χ1n) is 9.91. The molecule has 0 aliphatic heterocycles. The van der Waals surface area contributed by atoms with Crippen molar-refractivity contribution >= 4 is 46.1 Å². The van der Waals surface area contributed by atoms with Gasteiger partial charge in [0.25, 0.3) is 0 Å². The van der Waals surface area contributed by atoms with Gasteiger partial charge in [0.15, 0.2) is 5.96 Å². The Labute approximate surface area is 203 Å². The van der Waals surface area contributed by atoms with Crippen molar-refractivity contribution in [3.8, 4) is 0 Å². The molecular formula is C20H36IN5O4S. The van der Waals surface area contributed by atoms with Crippen LogP contribution < -0.4 is 21.1 Å². The lowest BCUT2D eigenvalue weighted by atomic mass is 9.93. The Hall–Kier alpha value is -1.60. The fourth-order valence-electron chi connectivity index (χ4n) is 2.73. The van der Waals surface area contributed by atoms with Gasteiger partial charge in [-0.2, -0.15) is 0 Å². The quantitative estimate of drug-likeness (QED) is 0.216. The van der Waals surface area contributed by atoms with Crippen LogP contribution in [-0.4, -0.2) is 45.2 Å². The van der Waals surface area contributed by atoms with E-state index >= 15 is 0 Å². The van der Waals surface area contributed by atoms with E-state index < -0.39 is 27.3 Å². The molecule has 0 saturated carbocycles. The lowest BCUT2D eigenvalue weighted by Gasteiger charge is -2.34. The van der Waals surface area contributed by atoms with Gasteiger partial charge in [-0.25, -0.2) is 18.4 Å². The van der Waals surface area contributed by atoms with Crippen molar-refractivity contribution in [3.05, 3.63) is 29.8 Å². The molecule has 0 aliphatic carbocycles. The lowest BCUT2D eigenvalue weighted by Crippen LogP contribution is -2.57. The fraction of sp³-hybridized carbons (Fsp3) is 0.600. The predicted molar refractivity (Wildman–Crippen MR) is 134 cm³/mol. The number of guanidine groups is 1. The van der Waals surface area contributed by atoms with E-state index in [0.717, 1.165) is 5.56 Å². The number of nitrogens with two attached hydrogens (primary N) is 1. The van der Waals surface area contributed by atoms with E-state index in [-0.39, 0.29) is 28.9 Å². The van der Waals surface area contributed by atoms with Crippen molar-refractivity contribution in [2.75, 3.05) is 13.6 Å². The molecule has 0 aromatic heterocycles. The van der Waals surface area contributed by atoms with Crippen LogP contribution in [0.15, 0.2) is 34.2 Å². The number of benzene rings is 1. The van der Waals surface area contributed by atoms with Crippen molar-refractivity contribution in [3.63, 3.8) is 0 Å². The summed E-state index contributed by atoms with van der Waals surface area (Å²) in [5.74, 6) is 0.522. The van der Waals surface area contributed by atoms with Crippen LogP contribution in [0.4, 0.5) is 4.79 Å². The number of carbonyl (C=O) groups excluding carboxylic acids is 1. The average molecular weight is 570 g/mol. The third-order valence-corrected chi connectivity index (χ3v) is 5.54. The Bertz CT molecular complexity index is 849. The summed E-state index contributed by atoms with van der Waals surface area (Å²) in [7, 11) is -2.12. The molecule has 1 aromatic carbocycles. The maximum atomic E-state index is 12.3. The number of amides is 1. The Balaban J connectivity index is 0.00000900. The number of primary sulfonamides is 1. The zero-order valence-electron chi connectivity index (χ0n) is 19.1. The molecule has 9 nitrogen and oxygen atoms in total. The number of nitrogens with one attached hydrogen (secondary N) is 3. The van der Waals surface area contributed by atoms with Crippen LogP contribution in [0, 0.1) is 0 Å². The maximum absolute atomic E-state index is 12.3. The highest BCUT2D eigenvalue weighted by molar-refractivity contribution is 14.0. The molecular weight excluding hydrogens is 533 g/mol. The summed E-state index contributed by atoms with van der Waals surface area (Å²) in [6.07, 6.45) is 0.933. The van der Waals surface area contributed by atoms with E-state index in [1.54, 1.807) is 19.2 Å². The monoisotopic (exact) mass is 569 g/mol. The molecule has 1 rings (SSSR count). The number of rotatable bonds is 8. The smallest absolute Gasteiger partial charge is 0.408 e. The summed E-state index contributed by atoms with van der Waals surface area (Å²) in [4.78, 5) is 16.5. The third kappa shape index (κ3) is 10.5. The van der Waals surface area contributed by atoms with Crippen LogP contribution in [0.5, 0.6) is 0 Å². The molecule has 0 spiro atoms. The van der Waals surface area contributed by atoms with E-state index in [4.69, 9.17) is 9.88 Å². The van der Waals surface area contributed by atoms with Gasteiger partial charge in [-0.1, -0.05) is 26.0 Å². The topological polar surface area (TPSA) is 135 Å². The summed E-state index contributed by atoms with van der Waals surface area (Å²) in [5, 5.41) is 14.5. The molecule has 1 amide bonds. The van der Waals surface area contributed by atoms with Gasteiger partial charge >= 0.3 is 6.09 Å². The van der Waals surface area contributed by atoms with Crippen LogP contribution in [0.25, 0.3) is 0 Å². The molecule has 0 saturated heterocycles. The maximum Gasteiger partial charge on any atom is 0.408 e. The number of ether oxygens (including phenoxy) is 1. The van der Waals surface area contributed by atoms with E-state index in [1.165, 1.54) is 12.1 Å². The second kappa shape index (κ2) is 12.4. The predicted octanol–water partition coefficient (Wildman–Crippen LogP) is 2.70. The third-order valence-electron chi connectivity index (χ3n) is 4.62. The average Bonchev–Trinajstić information content (AvgIpc) is 2.65. The van der Waals surface area contributed by atoms with Crippen molar-refractivity contribution in [2.45, 2.75) is 70.0 Å². The van der Waals surface area contributed by atoms with Crippen molar-refractivity contribution in [2.24, 2.45) is 10.1 Å². The van der Waals surface area contributed by atoms with Crippen LogP contribution >= 0.6 is 24.0 Å². The van der Waals surface area contributed by atoms with Gasteiger partial charge in [-0.15, -0.1) is 24.0 Å². The van der Waals surface area contributed by atoms with Gasteiger partial charge in [0.1, 0.15) is 5.60 Å². The van der Waals surface area contributed by atoms with Gasteiger partial charge in [-0.3, -0.25) is 4.99 Å². The first-order valence-corrected chi connectivity index (χ1v) is 11.5. The van der Waals surface area contributed by atoms with Crippen molar-refractivity contribution in [1.29, 1.82) is 0 Å². The van der Waals surface area contributed by atoms with Crippen LogP contribution in [-0.2, 0) is 21.3 Å². The summed E-state index contributed by atoms with van der Waals surface area (Å²) in [6.45, 7) is 10.3. The molecule has 5 N–H and O–H groups in total. The highest BCUT2D eigenvalue weighted by Crippen LogP contribution is 2.16. The molecule has 0 fully saturated rings. The SMILES string of the molecule is CCC(CC)(CNC(=NC)NCc1cccc(S(N)(=O)=O)c1)NC(=O)OC(C)(C)C.I. The van der Waals surface area contributed by atoms with E-state index in [2.05, 4.69) is 20.9 Å². The number of hydrogen-bond acceptors (Lipinski definition) is 5. The summed E-state index contributed by atoms with van der Waals surface area (Å²) >= 11 is 0. The van der Waals surface area contributed by atoms with Crippen LogP contribution in [0.1, 0.15) is 53.0 Å². The molecule has 0 atom stereocenters. The van der Waals surface area contributed by atoms with E-state index in [9.17, 15) is 13.2 Å². The summed E-state index contributed by atoms with van der Waals surface area (Å²) in [6, 6.07) is 6.39. The molecule has 31 heavy (non-hydrogen) atoms. The second-order valence-electron chi connectivity index (χ2n) is 8.09. The number of alkyl carbamates (subject to hydrolysis) is 1. The minimum absolute atomic E-state index is 0. The van der Waals surface area contributed by atoms with Crippen LogP contribution in [0.3, 0.4) is 0 Å². The fourth-order valence-corrected chi connectivity index (χ4v) is 3.32. The standard InChI is InChI=1S/C20H35N5O4S.HI/c1-7-20(8-2,25-18(26)29-19(3,4)5)14-24-17(22-6)23-13-15-10-9-11-16(12-15)30(21,27)28;/h9-12H,7-8,13-14H2,1-6H3,(H,25,26)(H2,21,27,28)(H2,22,23,24);1H. The second-order valence-corrected chi connectivity index (χ2v) is 9.65. The summed E-state index contributed by atoms with van der Waals surface area (Å²) in [5.41, 5.74) is -0.338. The number of halogens is 1. The minimum Gasteiger partial charge on any atom is -0.444 e. The van der Waals surface area contributed by atoms with Gasteiger partial charge in [0.05, 0.1) is 10.4 Å². The number of nitrogens with zero attached hydrogens (tertiary/aromatic N) is 1. The van der Waals surface area contributed by atoms with Crippen molar-refractivity contribution in [1.82, 2.24) is 16.0 Å². The van der Waals surface area contributed by atoms with E-state index in [1.807, 2.05) is 34.6 Å². The lowest BCUT2D eigenvalue weighted by molar-refractivity contribution is 0.0448. The van der Waals surface area contributed by atoms with Gasteiger partial charge < -0.3 is 20.7 Å². The number of carbonyl (C=O) groups is 1. The molecule has 1 aromatic rings. The molecule has 0 unspecified atom stereocenters. The molecule has 0 radical (unpaired) electrons. The van der Waals surface area contributed by atoms with Gasteiger partial charge in [0.2, 0.25) is 10.0 Å². The molecule has 178 valence electrons. The van der Waals surface area contributed by atoms with Gasteiger partial charge in [0, 0.05) is 20.1 Å². The first-order chi connectivity index (χ1) is 13.8. The van der Waals surface area contributed by atoms with Crippen LogP contribution in [0.2, 0.25) is 0 Å². The largest absolute Gasteiger partial charge is 0.444 e. The zero-order chi connectivity index (χ0) is 23.0. The molecule has 0 heterocycles. The molecule has 0 bridgehead atoms. The normalized spacial score (nSPS) is 12.5. The first kappa shape index (κ1) is 29.4. The number of hydrogen-bond donors (Lipinski definition) is 4. The number of sulfonamides is 1. The summed E-state index contributed by atoms with van der Waals surface area (Å²) < 4.78 is 28.4. The highest BCUT2D eigenvalue weighted by atomic mass is 127. The molecule has 0 aliphatic rings. The molecule has 11 heteroatoms. The minimum atomic E-state index is -3.76. The Morgan fingerprint density at radius 1 is 1.16 bits per heavy atom. The zero-order valence-corrected chi connectivity index (χ0v) is 22.3. The number of aliphatic imine (C=N–C) groups is 1. The van der Waals surface area contributed by atoms with Gasteiger partial charge in [-0.05, 0) is 51.3 Å². The Morgan fingerprint density at radius 3 is 2.26 bits per heavy atom. The Kier molecular flexibility index (Phi) is 11.8. The highest BCUT2D eigenvalue weighted by Gasteiger charge is 2.30.